The molecule has 2 aromatic carbocycles. The second kappa shape index (κ2) is 7.93. The molecule has 0 heterocycles. The Kier molecular flexibility index (Phi) is 7.77. The molecule has 3 heteroatoms. The molecule has 0 fully saturated rings. The van der Waals surface area contributed by atoms with E-state index in [1.165, 1.54) is 16.7 Å². The molecular formula is C15H11Cl2Hf-3. The summed E-state index contributed by atoms with van der Waals surface area (Å²) in [6, 6.07) is 19.0. The minimum absolute atomic E-state index is 0. The van der Waals surface area contributed by atoms with Crippen LogP contribution in [-0.2, 0) is 25.8 Å². The van der Waals surface area contributed by atoms with Crippen molar-refractivity contribution >= 4 is 6.08 Å². The molecule has 0 aromatic heterocycles. The molecular weight excluding hydrogens is 430 g/mol. The largest absolute Gasteiger partial charge is 1.00 e. The van der Waals surface area contributed by atoms with Gasteiger partial charge in [0.25, 0.3) is 0 Å². The van der Waals surface area contributed by atoms with Crippen LogP contribution in [0.1, 0.15) is 22.6 Å². The third-order valence-electron chi connectivity index (χ3n) is 2.85. The van der Waals surface area contributed by atoms with Crippen molar-refractivity contribution in [1.82, 2.24) is 0 Å². The first-order chi connectivity index (χ1) is 7.45. The van der Waals surface area contributed by atoms with E-state index < -0.39 is 0 Å². The molecule has 0 saturated heterocycles. The Morgan fingerprint density at radius 2 is 1.39 bits per heavy atom. The summed E-state index contributed by atoms with van der Waals surface area (Å²) >= 11 is 0. The van der Waals surface area contributed by atoms with Crippen LogP contribution < -0.4 is 24.8 Å². The van der Waals surface area contributed by atoms with Crippen molar-refractivity contribution in [3.05, 3.63) is 77.4 Å². The van der Waals surface area contributed by atoms with Crippen molar-refractivity contribution < 1.29 is 50.7 Å². The molecule has 0 N–H and O–H groups in total. The Bertz CT molecular complexity index is 509. The maximum Gasteiger partial charge on any atom is 0 e. The summed E-state index contributed by atoms with van der Waals surface area (Å²) in [6.07, 6.45) is 5.50. The van der Waals surface area contributed by atoms with E-state index in [1.54, 1.807) is 0 Å². The summed E-state index contributed by atoms with van der Waals surface area (Å²) in [7, 11) is 0. The number of hydrogen-bond acceptors (Lipinski definition) is 0. The zero-order chi connectivity index (χ0) is 10.1. The zero-order valence-corrected chi connectivity index (χ0v) is 14.7. The molecule has 3 rings (SSSR count). The first-order valence-corrected chi connectivity index (χ1v) is 5.18. The van der Waals surface area contributed by atoms with Crippen molar-refractivity contribution in [3.63, 3.8) is 0 Å². The van der Waals surface area contributed by atoms with Crippen molar-refractivity contribution in [2.75, 3.05) is 0 Å². The van der Waals surface area contributed by atoms with Crippen molar-refractivity contribution in [2.24, 2.45) is 0 Å². The zero-order valence-electron chi connectivity index (χ0n) is 9.61. The van der Waals surface area contributed by atoms with Crippen molar-refractivity contribution in [2.45, 2.75) is 5.92 Å². The number of allylic oxidation sites excluding steroid dienone is 1. The van der Waals surface area contributed by atoms with Gasteiger partial charge in [0.2, 0.25) is 0 Å². The van der Waals surface area contributed by atoms with E-state index in [1.807, 2.05) is 6.07 Å². The Labute approximate surface area is 139 Å². The van der Waals surface area contributed by atoms with E-state index in [4.69, 9.17) is 0 Å². The quantitative estimate of drug-likeness (QED) is 0.344. The predicted octanol–water partition coefficient (Wildman–Crippen LogP) is -2.35. The fourth-order valence-electron chi connectivity index (χ4n) is 2.09. The maximum atomic E-state index is 3.41. The van der Waals surface area contributed by atoms with Crippen LogP contribution in [0.5, 0.6) is 0 Å². The number of fused-ring (bicyclic) bond motifs is 1. The van der Waals surface area contributed by atoms with Gasteiger partial charge in [-0.3, -0.25) is 6.08 Å². The summed E-state index contributed by atoms with van der Waals surface area (Å²) in [5.41, 5.74) is 3.98. The van der Waals surface area contributed by atoms with Gasteiger partial charge in [0.05, 0.1) is 0 Å². The van der Waals surface area contributed by atoms with Crippen LogP contribution in [0.25, 0.3) is 6.08 Å². The molecule has 1 atom stereocenters. The topological polar surface area (TPSA) is 0 Å². The van der Waals surface area contributed by atoms with Crippen molar-refractivity contribution in [3.8, 4) is 0 Å². The molecule has 1 unspecified atom stereocenters. The summed E-state index contributed by atoms with van der Waals surface area (Å²) in [6.45, 7) is 0. The number of rotatable bonds is 1. The van der Waals surface area contributed by atoms with Crippen LogP contribution in [0.4, 0.5) is 0 Å². The fraction of sp³-hybridized carbons (Fsp3) is 0.0667. The van der Waals surface area contributed by atoms with Gasteiger partial charge >= 0.3 is 0 Å². The van der Waals surface area contributed by atoms with Gasteiger partial charge in [0, 0.05) is 25.8 Å². The Morgan fingerprint density at radius 3 is 2.11 bits per heavy atom. The van der Waals surface area contributed by atoms with Crippen LogP contribution in [0.3, 0.4) is 0 Å². The van der Waals surface area contributed by atoms with Crippen LogP contribution in [0, 0.1) is 6.08 Å². The van der Waals surface area contributed by atoms with E-state index >= 15 is 0 Å². The van der Waals surface area contributed by atoms with Crippen LogP contribution in [0.15, 0.2) is 54.6 Å². The fourth-order valence-corrected chi connectivity index (χ4v) is 2.09. The Morgan fingerprint density at radius 1 is 0.778 bits per heavy atom. The van der Waals surface area contributed by atoms with Gasteiger partial charge in [-0.2, -0.15) is 5.56 Å². The first kappa shape index (κ1) is 17.6. The Balaban J connectivity index is 0.000000963. The summed E-state index contributed by atoms with van der Waals surface area (Å²) in [5, 5.41) is 0. The SMILES string of the molecule is [C-]1=Cc2ccccc2C1c1ccccc1.[Cl-].[Cl-].[Hf]. The molecule has 0 saturated carbocycles. The second-order valence-corrected chi connectivity index (χ2v) is 3.78. The summed E-state index contributed by atoms with van der Waals surface area (Å²) in [4.78, 5) is 0. The van der Waals surface area contributed by atoms with E-state index in [2.05, 4.69) is 60.7 Å². The van der Waals surface area contributed by atoms with Gasteiger partial charge < -0.3 is 24.8 Å². The minimum Gasteiger partial charge on any atom is -1.00 e. The van der Waals surface area contributed by atoms with Gasteiger partial charge in [-0.15, -0.1) is 11.6 Å². The first-order valence-electron chi connectivity index (χ1n) is 5.18. The second-order valence-electron chi connectivity index (χ2n) is 3.78. The monoisotopic (exact) mass is 441 g/mol. The molecule has 0 nitrogen and oxygen atoms in total. The van der Waals surface area contributed by atoms with E-state index in [-0.39, 0.29) is 50.7 Å². The van der Waals surface area contributed by atoms with Gasteiger partial charge in [-0.25, -0.2) is 6.08 Å². The maximum absolute atomic E-state index is 3.41. The molecule has 1 aliphatic rings. The Hall–Kier alpha value is -0.370. The smallest absolute Gasteiger partial charge is 0 e. The molecule has 0 amide bonds. The van der Waals surface area contributed by atoms with E-state index in [9.17, 15) is 0 Å². The van der Waals surface area contributed by atoms with Crippen LogP contribution in [0.2, 0.25) is 0 Å². The van der Waals surface area contributed by atoms with Crippen LogP contribution >= 0.6 is 0 Å². The molecule has 2 aromatic rings. The van der Waals surface area contributed by atoms with Gasteiger partial charge in [0.15, 0.2) is 0 Å². The van der Waals surface area contributed by atoms with Gasteiger partial charge in [0.1, 0.15) is 0 Å². The summed E-state index contributed by atoms with van der Waals surface area (Å²) in [5.74, 6) is 0.322. The predicted molar refractivity (Wildman–Crippen MR) is 62.4 cm³/mol. The molecule has 18 heavy (non-hydrogen) atoms. The minimum atomic E-state index is 0. The molecule has 0 bridgehead atoms. The average Bonchev–Trinajstić information content (AvgIpc) is 2.74. The molecule has 92 valence electrons. The van der Waals surface area contributed by atoms with E-state index in [0.29, 0.717) is 5.92 Å². The molecule has 0 radical (unpaired) electrons. The van der Waals surface area contributed by atoms with Gasteiger partial charge in [-0.1, -0.05) is 60.0 Å². The number of halogens is 2. The molecule has 0 aliphatic heterocycles. The third kappa shape index (κ3) is 3.34. The number of benzene rings is 2. The van der Waals surface area contributed by atoms with Gasteiger partial charge in [-0.05, 0) is 0 Å². The number of hydrogen-bond donors (Lipinski definition) is 0. The third-order valence-corrected chi connectivity index (χ3v) is 2.85. The van der Waals surface area contributed by atoms with Crippen molar-refractivity contribution in [1.29, 1.82) is 0 Å². The molecule has 1 aliphatic carbocycles. The normalized spacial score (nSPS) is 14.8. The molecule has 0 spiro atoms. The van der Waals surface area contributed by atoms with E-state index in [0.717, 1.165) is 0 Å². The summed E-state index contributed by atoms with van der Waals surface area (Å²) < 4.78 is 0. The standard InChI is InChI=1S/C15H11.2ClH.Hf/c1-2-6-12(7-3-1)15-11-10-13-8-4-5-9-14(13)15;;;/h1-10,15H;2*1H;/q-1;;;/p-2. The van der Waals surface area contributed by atoms with Crippen LogP contribution in [-0.4, -0.2) is 0 Å². The average molecular weight is 441 g/mol.